The van der Waals surface area contributed by atoms with Crippen LogP contribution >= 0.6 is 0 Å². The van der Waals surface area contributed by atoms with Gasteiger partial charge < -0.3 is 14.6 Å². The van der Waals surface area contributed by atoms with Gasteiger partial charge in [0.2, 0.25) is 5.88 Å². The number of ether oxygens (including phenoxy) is 2. The molecule has 1 unspecified atom stereocenters. The highest BCUT2D eigenvalue weighted by molar-refractivity contribution is 5.24. The van der Waals surface area contributed by atoms with E-state index in [9.17, 15) is 5.11 Å². The minimum Gasteiger partial charge on any atom is -0.475 e. The van der Waals surface area contributed by atoms with Crippen molar-refractivity contribution in [3.8, 4) is 5.88 Å². The van der Waals surface area contributed by atoms with Crippen molar-refractivity contribution in [1.82, 2.24) is 4.98 Å². The highest BCUT2D eigenvalue weighted by atomic mass is 16.5. The summed E-state index contributed by atoms with van der Waals surface area (Å²) in [6, 6.07) is 3.75. The molecule has 0 bridgehead atoms. The van der Waals surface area contributed by atoms with Crippen LogP contribution in [0.4, 0.5) is 0 Å². The Balaban J connectivity index is 1.95. The van der Waals surface area contributed by atoms with Crippen molar-refractivity contribution in [2.45, 2.75) is 51.7 Å². The molecule has 0 spiro atoms. The third-order valence-electron chi connectivity index (χ3n) is 3.29. The van der Waals surface area contributed by atoms with Gasteiger partial charge in [-0.3, -0.25) is 0 Å². The van der Waals surface area contributed by atoms with Gasteiger partial charge in [-0.2, -0.15) is 0 Å². The van der Waals surface area contributed by atoms with Gasteiger partial charge in [0.25, 0.3) is 0 Å². The monoisotopic (exact) mass is 265 g/mol. The number of hydrogen-bond acceptors (Lipinski definition) is 4. The second-order valence-electron chi connectivity index (χ2n) is 5.01. The molecule has 1 aliphatic rings. The summed E-state index contributed by atoms with van der Waals surface area (Å²) < 4.78 is 11.4. The maximum Gasteiger partial charge on any atom is 0.213 e. The maximum atomic E-state index is 9.26. The van der Waals surface area contributed by atoms with Crippen molar-refractivity contribution in [3.05, 3.63) is 23.4 Å². The number of nitrogens with zero attached hydrogens (tertiary/aromatic N) is 1. The molecule has 1 aliphatic heterocycles. The Morgan fingerprint density at radius 2 is 2.32 bits per heavy atom. The lowest BCUT2D eigenvalue weighted by atomic mass is 10.1. The molecular formula is C15H23NO3. The van der Waals surface area contributed by atoms with Crippen molar-refractivity contribution in [1.29, 1.82) is 0 Å². The highest BCUT2D eigenvalue weighted by Crippen LogP contribution is 2.17. The minimum absolute atomic E-state index is 0.0233. The van der Waals surface area contributed by atoms with Crippen LogP contribution in [0.5, 0.6) is 5.88 Å². The van der Waals surface area contributed by atoms with Gasteiger partial charge in [0.05, 0.1) is 12.7 Å². The van der Waals surface area contributed by atoms with E-state index in [2.05, 4.69) is 11.9 Å². The molecule has 0 aromatic carbocycles. The third kappa shape index (κ3) is 4.48. The van der Waals surface area contributed by atoms with E-state index in [0.29, 0.717) is 12.5 Å². The summed E-state index contributed by atoms with van der Waals surface area (Å²) in [6.07, 6.45) is 5.54. The molecule has 0 amide bonds. The molecule has 1 N–H and O–H groups in total. The number of aromatic nitrogens is 1. The lowest BCUT2D eigenvalue weighted by Crippen LogP contribution is -2.26. The number of pyridine rings is 1. The van der Waals surface area contributed by atoms with Gasteiger partial charge in [-0.25, -0.2) is 4.98 Å². The second-order valence-corrected chi connectivity index (χ2v) is 5.01. The summed E-state index contributed by atoms with van der Waals surface area (Å²) in [7, 11) is 0. The first-order valence-electron chi connectivity index (χ1n) is 7.17. The minimum atomic E-state index is 0.0233. The molecule has 0 radical (unpaired) electrons. The van der Waals surface area contributed by atoms with Crippen LogP contribution in [0.3, 0.4) is 0 Å². The molecule has 19 heavy (non-hydrogen) atoms. The summed E-state index contributed by atoms with van der Waals surface area (Å²) in [5, 5.41) is 9.26. The first-order chi connectivity index (χ1) is 9.31. The average Bonchev–Trinajstić information content (AvgIpc) is 2.46. The van der Waals surface area contributed by atoms with Gasteiger partial charge in [-0.1, -0.05) is 13.3 Å². The molecule has 0 saturated carbocycles. The van der Waals surface area contributed by atoms with Gasteiger partial charge in [0.15, 0.2) is 0 Å². The van der Waals surface area contributed by atoms with Crippen molar-refractivity contribution in [3.63, 3.8) is 0 Å². The van der Waals surface area contributed by atoms with Crippen molar-refractivity contribution < 1.29 is 14.6 Å². The van der Waals surface area contributed by atoms with E-state index >= 15 is 0 Å². The van der Waals surface area contributed by atoms with E-state index in [0.717, 1.165) is 43.5 Å². The molecule has 1 fully saturated rings. The quantitative estimate of drug-likeness (QED) is 0.858. The largest absolute Gasteiger partial charge is 0.475 e. The van der Waals surface area contributed by atoms with E-state index in [1.54, 1.807) is 0 Å². The number of rotatable bonds is 6. The van der Waals surface area contributed by atoms with E-state index in [-0.39, 0.29) is 12.7 Å². The molecule has 1 aromatic heterocycles. The Bertz CT molecular complexity index is 389. The number of aliphatic hydroxyl groups excluding tert-OH is 1. The zero-order valence-corrected chi connectivity index (χ0v) is 11.6. The fourth-order valence-electron chi connectivity index (χ4n) is 2.29. The predicted octanol–water partition coefficient (Wildman–Crippen LogP) is 2.47. The van der Waals surface area contributed by atoms with Gasteiger partial charge in [-0.15, -0.1) is 0 Å². The molecule has 2 heterocycles. The van der Waals surface area contributed by atoms with Gasteiger partial charge >= 0.3 is 0 Å². The zero-order valence-electron chi connectivity index (χ0n) is 11.6. The van der Waals surface area contributed by atoms with Crippen molar-refractivity contribution >= 4 is 0 Å². The highest BCUT2D eigenvalue weighted by Gasteiger charge is 2.15. The normalized spacial score (nSPS) is 19.4. The average molecular weight is 265 g/mol. The molecule has 1 aromatic rings. The maximum absolute atomic E-state index is 9.26. The standard InChI is InChI=1S/C15H23NO3/c1-2-5-13-8-12(10-17)9-15(16-13)19-11-14-6-3-4-7-18-14/h8-9,14,17H,2-7,10-11H2,1H3. The third-order valence-corrected chi connectivity index (χ3v) is 3.29. The number of aliphatic hydroxyl groups is 1. The van der Waals surface area contributed by atoms with Gasteiger partial charge in [-0.05, 0) is 37.3 Å². The Labute approximate surface area is 114 Å². The summed E-state index contributed by atoms with van der Waals surface area (Å²) >= 11 is 0. The SMILES string of the molecule is CCCc1cc(CO)cc(OCC2CCCCO2)n1. The predicted molar refractivity (Wildman–Crippen MR) is 73.2 cm³/mol. The smallest absolute Gasteiger partial charge is 0.213 e. The summed E-state index contributed by atoms with van der Waals surface area (Å²) in [4.78, 5) is 4.47. The van der Waals surface area contributed by atoms with E-state index in [4.69, 9.17) is 9.47 Å². The first-order valence-corrected chi connectivity index (χ1v) is 7.17. The Hall–Kier alpha value is -1.13. The van der Waals surface area contributed by atoms with Crippen LogP contribution in [0, 0.1) is 0 Å². The van der Waals surface area contributed by atoms with Crippen LogP contribution in [-0.4, -0.2) is 29.4 Å². The fraction of sp³-hybridized carbons (Fsp3) is 0.667. The van der Waals surface area contributed by atoms with E-state index < -0.39 is 0 Å². The van der Waals surface area contributed by atoms with E-state index in [1.807, 2.05) is 12.1 Å². The van der Waals surface area contributed by atoms with Crippen LogP contribution < -0.4 is 4.74 Å². The first kappa shape index (κ1) is 14.3. The lowest BCUT2D eigenvalue weighted by molar-refractivity contribution is -0.0120. The molecular weight excluding hydrogens is 242 g/mol. The van der Waals surface area contributed by atoms with Crippen LogP contribution in [-0.2, 0) is 17.8 Å². The molecule has 1 saturated heterocycles. The Morgan fingerprint density at radius 3 is 3.00 bits per heavy atom. The summed E-state index contributed by atoms with van der Waals surface area (Å²) in [5.41, 5.74) is 1.84. The second kappa shape index (κ2) is 7.46. The van der Waals surface area contributed by atoms with Gasteiger partial charge in [0, 0.05) is 18.4 Å². The Kier molecular flexibility index (Phi) is 5.61. The molecule has 4 nitrogen and oxygen atoms in total. The number of hydrogen-bond donors (Lipinski definition) is 1. The summed E-state index contributed by atoms with van der Waals surface area (Å²) in [6.45, 7) is 3.52. The topological polar surface area (TPSA) is 51.6 Å². The van der Waals surface area contributed by atoms with Crippen molar-refractivity contribution in [2.75, 3.05) is 13.2 Å². The van der Waals surface area contributed by atoms with Gasteiger partial charge in [0.1, 0.15) is 6.61 Å². The molecule has 106 valence electrons. The summed E-state index contributed by atoms with van der Waals surface area (Å²) in [5.74, 6) is 0.601. The van der Waals surface area contributed by atoms with E-state index in [1.165, 1.54) is 6.42 Å². The number of aryl methyl sites for hydroxylation is 1. The molecule has 0 aliphatic carbocycles. The van der Waals surface area contributed by atoms with Crippen LogP contribution in [0.1, 0.15) is 43.9 Å². The Morgan fingerprint density at radius 1 is 1.42 bits per heavy atom. The molecule has 2 rings (SSSR count). The lowest BCUT2D eigenvalue weighted by Gasteiger charge is -2.22. The fourth-order valence-corrected chi connectivity index (χ4v) is 2.29. The molecule has 1 atom stereocenters. The van der Waals surface area contributed by atoms with Crippen LogP contribution in [0.15, 0.2) is 12.1 Å². The van der Waals surface area contributed by atoms with Crippen LogP contribution in [0.2, 0.25) is 0 Å². The zero-order chi connectivity index (χ0) is 13.5. The van der Waals surface area contributed by atoms with Crippen LogP contribution in [0.25, 0.3) is 0 Å². The van der Waals surface area contributed by atoms with Crippen molar-refractivity contribution in [2.24, 2.45) is 0 Å². The molecule has 4 heteroatoms.